The number of anilines is 1. The number of halogens is 1. The van der Waals surface area contributed by atoms with Crippen molar-refractivity contribution in [3.05, 3.63) is 40.0 Å². The molecule has 0 saturated carbocycles. The first-order chi connectivity index (χ1) is 8.11. The fourth-order valence-electron chi connectivity index (χ4n) is 1.50. The highest BCUT2D eigenvalue weighted by atomic mass is 79.9. The van der Waals surface area contributed by atoms with E-state index in [1.807, 2.05) is 38.1 Å². The van der Waals surface area contributed by atoms with Gasteiger partial charge in [0.2, 0.25) is 0 Å². The van der Waals surface area contributed by atoms with Crippen molar-refractivity contribution < 1.29 is 0 Å². The van der Waals surface area contributed by atoms with Crippen LogP contribution in [-0.2, 0) is 0 Å². The SMILES string of the molecule is Cc1nc(-c2ccc(Br)cc2)nc(NN)c1C. The zero-order valence-corrected chi connectivity index (χ0v) is 11.2. The maximum atomic E-state index is 5.44. The van der Waals surface area contributed by atoms with Gasteiger partial charge in [0.05, 0.1) is 0 Å². The number of nitrogens with one attached hydrogen (secondary N) is 1. The summed E-state index contributed by atoms with van der Waals surface area (Å²) in [6, 6.07) is 7.86. The van der Waals surface area contributed by atoms with Gasteiger partial charge in [-0.25, -0.2) is 15.8 Å². The van der Waals surface area contributed by atoms with E-state index in [1.165, 1.54) is 0 Å². The number of benzene rings is 1. The van der Waals surface area contributed by atoms with Gasteiger partial charge in [-0.2, -0.15) is 0 Å². The Morgan fingerprint density at radius 2 is 1.76 bits per heavy atom. The summed E-state index contributed by atoms with van der Waals surface area (Å²) in [4.78, 5) is 8.85. The van der Waals surface area contributed by atoms with Crippen molar-refractivity contribution in [1.82, 2.24) is 9.97 Å². The number of nitrogens with zero attached hydrogens (tertiary/aromatic N) is 2. The second-order valence-corrected chi connectivity index (χ2v) is 4.67. The molecule has 0 fully saturated rings. The second kappa shape index (κ2) is 4.81. The molecule has 17 heavy (non-hydrogen) atoms. The Kier molecular flexibility index (Phi) is 3.40. The molecule has 0 atom stereocenters. The van der Waals surface area contributed by atoms with Crippen LogP contribution in [0.2, 0.25) is 0 Å². The highest BCUT2D eigenvalue weighted by Crippen LogP contribution is 2.22. The maximum absolute atomic E-state index is 5.44. The van der Waals surface area contributed by atoms with Crippen LogP contribution in [0.4, 0.5) is 5.82 Å². The number of nitrogens with two attached hydrogens (primary N) is 1. The number of hydrogen-bond acceptors (Lipinski definition) is 4. The van der Waals surface area contributed by atoms with E-state index in [1.54, 1.807) is 0 Å². The Morgan fingerprint density at radius 1 is 1.12 bits per heavy atom. The van der Waals surface area contributed by atoms with Crippen LogP contribution in [0.25, 0.3) is 11.4 Å². The zero-order valence-electron chi connectivity index (χ0n) is 9.66. The maximum Gasteiger partial charge on any atom is 0.161 e. The number of aryl methyl sites for hydroxylation is 1. The Morgan fingerprint density at radius 3 is 2.35 bits per heavy atom. The minimum absolute atomic E-state index is 0.662. The lowest BCUT2D eigenvalue weighted by Gasteiger charge is -2.09. The molecule has 2 aromatic rings. The number of hydrazine groups is 1. The molecule has 0 aliphatic rings. The van der Waals surface area contributed by atoms with Crippen LogP contribution < -0.4 is 11.3 Å². The molecule has 4 nitrogen and oxygen atoms in total. The van der Waals surface area contributed by atoms with Gasteiger partial charge in [0.25, 0.3) is 0 Å². The number of aromatic nitrogens is 2. The molecule has 0 spiro atoms. The lowest BCUT2D eigenvalue weighted by Crippen LogP contribution is -2.12. The van der Waals surface area contributed by atoms with E-state index in [2.05, 4.69) is 31.3 Å². The molecule has 1 heterocycles. The Labute approximate surface area is 108 Å². The van der Waals surface area contributed by atoms with Gasteiger partial charge in [-0.1, -0.05) is 28.1 Å². The molecule has 0 amide bonds. The van der Waals surface area contributed by atoms with Gasteiger partial charge >= 0.3 is 0 Å². The highest BCUT2D eigenvalue weighted by Gasteiger charge is 2.08. The molecule has 2 rings (SSSR count). The van der Waals surface area contributed by atoms with Gasteiger partial charge in [0, 0.05) is 21.3 Å². The topological polar surface area (TPSA) is 63.8 Å². The van der Waals surface area contributed by atoms with Crippen LogP contribution in [0.3, 0.4) is 0 Å². The third-order valence-electron chi connectivity index (χ3n) is 2.63. The molecule has 0 saturated heterocycles. The molecule has 88 valence electrons. The molecule has 1 aromatic heterocycles. The van der Waals surface area contributed by atoms with E-state index in [4.69, 9.17) is 5.84 Å². The quantitative estimate of drug-likeness (QED) is 0.660. The van der Waals surface area contributed by atoms with Crippen LogP contribution >= 0.6 is 15.9 Å². The van der Waals surface area contributed by atoms with E-state index in [0.717, 1.165) is 21.3 Å². The fourth-order valence-corrected chi connectivity index (χ4v) is 1.76. The zero-order chi connectivity index (χ0) is 12.4. The number of nitrogen functional groups attached to an aromatic ring is 1. The first-order valence-electron chi connectivity index (χ1n) is 5.19. The molecule has 0 bridgehead atoms. The molecule has 0 aliphatic carbocycles. The smallest absolute Gasteiger partial charge is 0.161 e. The Balaban J connectivity index is 2.52. The molecule has 0 aliphatic heterocycles. The first kappa shape index (κ1) is 12.0. The predicted molar refractivity (Wildman–Crippen MR) is 72.5 cm³/mol. The Bertz CT molecular complexity index is 537. The van der Waals surface area contributed by atoms with E-state index < -0.39 is 0 Å². The van der Waals surface area contributed by atoms with Crippen molar-refractivity contribution in [2.24, 2.45) is 5.84 Å². The van der Waals surface area contributed by atoms with Crippen molar-refractivity contribution in [2.45, 2.75) is 13.8 Å². The van der Waals surface area contributed by atoms with Gasteiger partial charge in [-0.05, 0) is 26.0 Å². The summed E-state index contributed by atoms with van der Waals surface area (Å²) in [5, 5.41) is 0. The average Bonchev–Trinajstić information content (AvgIpc) is 2.33. The van der Waals surface area contributed by atoms with Crippen molar-refractivity contribution in [1.29, 1.82) is 0 Å². The monoisotopic (exact) mass is 292 g/mol. The predicted octanol–water partition coefficient (Wildman–Crippen LogP) is 2.81. The Hall–Kier alpha value is -1.46. The summed E-state index contributed by atoms with van der Waals surface area (Å²) in [5.74, 6) is 6.78. The van der Waals surface area contributed by atoms with Crippen molar-refractivity contribution in [2.75, 3.05) is 5.43 Å². The third kappa shape index (κ3) is 2.45. The number of hydrogen-bond donors (Lipinski definition) is 2. The van der Waals surface area contributed by atoms with Crippen LogP contribution in [0.15, 0.2) is 28.7 Å². The standard InChI is InChI=1S/C12H13BrN4/c1-7-8(2)15-12(16-11(7)17-14)9-3-5-10(13)6-4-9/h3-6H,14H2,1-2H3,(H,15,16,17). The van der Waals surface area contributed by atoms with Gasteiger partial charge in [0.1, 0.15) is 5.82 Å². The van der Waals surface area contributed by atoms with E-state index in [9.17, 15) is 0 Å². The lowest BCUT2D eigenvalue weighted by atomic mass is 10.2. The third-order valence-corrected chi connectivity index (χ3v) is 3.16. The van der Waals surface area contributed by atoms with Crippen molar-refractivity contribution in [3.63, 3.8) is 0 Å². The largest absolute Gasteiger partial charge is 0.308 e. The van der Waals surface area contributed by atoms with Crippen LogP contribution in [0.5, 0.6) is 0 Å². The summed E-state index contributed by atoms with van der Waals surface area (Å²) in [5.41, 5.74) is 5.45. The average molecular weight is 293 g/mol. The molecule has 0 unspecified atom stereocenters. The lowest BCUT2D eigenvalue weighted by molar-refractivity contribution is 1.06. The fraction of sp³-hybridized carbons (Fsp3) is 0.167. The van der Waals surface area contributed by atoms with Gasteiger partial charge in [-0.15, -0.1) is 0 Å². The minimum Gasteiger partial charge on any atom is -0.308 e. The summed E-state index contributed by atoms with van der Waals surface area (Å²) >= 11 is 3.40. The van der Waals surface area contributed by atoms with Crippen molar-refractivity contribution in [3.8, 4) is 11.4 Å². The van der Waals surface area contributed by atoms with Crippen molar-refractivity contribution >= 4 is 21.7 Å². The number of rotatable bonds is 2. The summed E-state index contributed by atoms with van der Waals surface area (Å²) in [7, 11) is 0. The molecule has 3 N–H and O–H groups in total. The normalized spacial score (nSPS) is 10.4. The summed E-state index contributed by atoms with van der Waals surface area (Å²) in [6.45, 7) is 3.89. The highest BCUT2D eigenvalue weighted by molar-refractivity contribution is 9.10. The van der Waals surface area contributed by atoms with E-state index in [0.29, 0.717) is 11.6 Å². The van der Waals surface area contributed by atoms with Gasteiger partial charge in [0.15, 0.2) is 5.82 Å². The molecular weight excluding hydrogens is 280 g/mol. The van der Waals surface area contributed by atoms with Gasteiger partial charge in [-0.3, -0.25) is 0 Å². The molecule has 1 aromatic carbocycles. The second-order valence-electron chi connectivity index (χ2n) is 3.76. The summed E-state index contributed by atoms with van der Waals surface area (Å²) < 4.78 is 1.03. The van der Waals surface area contributed by atoms with Crippen LogP contribution in [0, 0.1) is 13.8 Å². The van der Waals surface area contributed by atoms with E-state index in [-0.39, 0.29) is 0 Å². The first-order valence-corrected chi connectivity index (χ1v) is 5.99. The summed E-state index contributed by atoms with van der Waals surface area (Å²) in [6.07, 6.45) is 0. The molecule has 5 heteroatoms. The van der Waals surface area contributed by atoms with E-state index >= 15 is 0 Å². The van der Waals surface area contributed by atoms with Crippen LogP contribution in [-0.4, -0.2) is 9.97 Å². The minimum atomic E-state index is 0.662. The van der Waals surface area contributed by atoms with Gasteiger partial charge < -0.3 is 5.43 Å². The van der Waals surface area contributed by atoms with Crippen LogP contribution in [0.1, 0.15) is 11.3 Å². The molecular formula is C12H13BrN4. The molecule has 0 radical (unpaired) electrons.